The minimum atomic E-state index is -4.46. The summed E-state index contributed by atoms with van der Waals surface area (Å²) in [6, 6.07) is -0.856. The lowest BCUT2D eigenvalue weighted by molar-refractivity contribution is -0.870. The van der Waals surface area contributed by atoms with E-state index in [4.69, 9.17) is 13.8 Å². The van der Waals surface area contributed by atoms with E-state index in [0.29, 0.717) is 17.4 Å². The molecule has 0 aromatic rings. The van der Waals surface area contributed by atoms with Crippen molar-refractivity contribution in [3.8, 4) is 0 Å². The summed E-state index contributed by atoms with van der Waals surface area (Å²) in [6.07, 6.45) is 87.0. The van der Waals surface area contributed by atoms with Gasteiger partial charge in [0.2, 0.25) is 5.91 Å². The van der Waals surface area contributed by atoms with Crippen molar-refractivity contribution in [3.63, 3.8) is 0 Å². The largest absolute Gasteiger partial charge is 0.472 e. The Kier molecular flexibility index (Phi) is 61.6. The van der Waals surface area contributed by atoms with Gasteiger partial charge in [-0.15, -0.1) is 0 Å². The van der Waals surface area contributed by atoms with Crippen LogP contribution < -0.4 is 5.32 Å². The third-order valence-electron chi connectivity index (χ3n) is 15.5. The van der Waals surface area contributed by atoms with Gasteiger partial charge in [-0.2, -0.15) is 0 Å². The van der Waals surface area contributed by atoms with Gasteiger partial charge in [-0.1, -0.05) is 292 Å². The van der Waals surface area contributed by atoms with Gasteiger partial charge >= 0.3 is 13.8 Å². The van der Waals surface area contributed by atoms with Gasteiger partial charge in [-0.05, 0) is 109 Å². The van der Waals surface area contributed by atoms with Crippen molar-refractivity contribution < 1.29 is 37.3 Å². The van der Waals surface area contributed by atoms with E-state index in [1.807, 2.05) is 33.3 Å². The number of unbranched alkanes of at least 4 members (excludes halogenated alkanes) is 34. The highest BCUT2D eigenvalue weighted by molar-refractivity contribution is 7.47. The lowest BCUT2D eigenvalue weighted by Gasteiger charge is -2.27. The molecular formula is C75H136N2O7P+. The SMILES string of the molecule is CC/C=C\C/C=C\C/C=C\C/C=C\C/C=C\CCCCCCCCCCCCCC(=O)NC(COP(=O)(O)OCC[N+](C)(C)C)C(/C=C\CCCCCCCCCCC)OC(=O)CCCCCCCCCCCCC/C=C\C/C=C\CCCCC. The number of likely N-dealkylation sites (N-methyl/N-ethyl adjacent to an activating group) is 1. The Hall–Kier alpha value is -3.07. The Morgan fingerprint density at radius 3 is 1.15 bits per heavy atom. The Morgan fingerprint density at radius 1 is 0.424 bits per heavy atom. The number of quaternary nitrogens is 1. The molecule has 9 nitrogen and oxygen atoms in total. The number of carbonyl (C=O) groups excluding carboxylic acids is 2. The summed E-state index contributed by atoms with van der Waals surface area (Å²) < 4.78 is 30.8. The number of ether oxygens (including phenoxy) is 1. The standard InChI is InChI=1S/C75H135N2O7P/c1-7-10-13-16-19-22-25-27-29-31-33-35-36-37-38-39-40-42-43-45-47-49-52-55-58-61-64-67-74(78)76-72(71-83-85(80,81)82-70-69-77(4,5)6)73(66-63-60-57-54-51-24-21-18-15-12-9-3)84-75(79)68-65-62-59-56-53-50-48-46-44-41-34-32-30-28-26-23-20-17-14-11-8-2/h10,13,19-20,22-23,27-30,33,35,37-38,63,66,72-73H,7-9,11-12,14-18,21,24-26,31-32,34,36,39-62,64-65,67-71H2,1-6H3,(H-,76,78,80,81)/p+1/b13-10-,22-19-,23-20-,29-27-,30-28-,35-33-,38-37-,66-63-. The molecule has 0 aliphatic carbocycles. The van der Waals surface area contributed by atoms with Gasteiger partial charge in [0.05, 0.1) is 33.8 Å². The first kappa shape index (κ1) is 81.9. The number of nitrogens with zero attached hydrogens (tertiary/aromatic N) is 1. The Morgan fingerprint density at radius 2 is 0.753 bits per heavy atom. The third kappa shape index (κ3) is 65.2. The molecule has 0 spiro atoms. The minimum absolute atomic E-state index is 0.0363. The van der Waals surface area contributed by atoms with E-state index in [1.54, 1.807) is 0 Å². The zero-order valence-corrected chi connectivity index (χ0v) is 57.2. The number of rotatable bonds is 64. The highest BCUT2D eigenvalue weighted by atomic mass is 31.2. The smallest absolute Gasteiger partial charge is 0.456 e. The molecule has 0 rings (SSSR count). The van der Waals surface area contributed by atoms with Gasteiger partial charge in [0.15, 0.2) is 0 Å². The molecule has 3 atom stereocenters. The van der Waals surface area contributed by atoms with Gasteiger partial charge < -0.3 is 19.4 Å². The van der Waals surface area contributed by atoms with Crippen molar-refractivity contribution in [1.29, 1.82) is 0 Å². The molecule has 1 amide bonds. The third-order valence-corrected chi connectivity index (χ3v) is 16.5. The van der Waals surface area contributed by atoms with Crippen LogP contribution >= 0.6 is 7.82 Å². The first-order chi connectivity index (χ1) is 41.4. The van der Waals surface area contributed by atoms with E-state index in [-0.39, 0.29) is 31.5 Å². The van der Waals surface area contributed by atoms with Crippen molar-refractivity contribution >= 4 is 19.7 Å². The molecule has 0 saturated carbocycles. The normalized spacial score (nSPS) is 14.1. The Labute approximate surface area is 526 Å². The summed E-state index contributed by atoms with van der Waals surface area (Å²) >= 11 is 0. The molecule has 2 N–H and O–H groups in total. The number of hydrogen-bond donors (Lipinski definition) is 2. The van der Waals surface area contributed by atoms with Gasteiger partial charge in [0, 0.05) is 12.8 Å². The Bertz CT molecular complexity index is 1780. The van der Waals surface area contributed by atoms with Crippen LogP contribution in [0.3, 0.4) is 0 Å². The number of carbonyl (C=O) groups is 2. The van der Waals surface area contributed by atoms with E-state index in [1.165, 1.54) is 186 Å². The average molecular weight is 1210 g/mol. The lowest BCUT2D eigenvalue weighted by Crippen LogP contribution is -2.47. The second-order valence-electron chi connectivity index (χ2n) is 25.0. The molecule has 0 heterocycles. The number of allylic oxidation sites excluding steroid dienone is 15. The first-order valence-corrected chi connectivity index (χ1v) is 37.1. The monoisotopic (exact) mass is 1210 g/mol. The maximum absolute atomic E-state index is 13.6. The highest BCUT2D eigenvalue weighted by Crippen LogP contribution is 2.43. The van der Waals surface area contributed by atoms with Gasteiger partial charge in [0.1, 0.15) is 19.3 Å². The maximum atomic E-state index is 13.6. The van der Waals surface area contributed by atoms with Crippen LogP contribution in [0.5, 0.6) is 0 Å². The number of esters is 1. The number of phosphoric ester groups is 1. The van der Waals surface area contributed by atoms with Crippen LogP contribution in [0.15, 0.2) is 97.2 Å². The fraction of sp³-hybridized carbons (Fsp3) is 0.760. The van der Waals surface area contributed by atoms with E-state index in [9.17, 15) is 19.0 Å². The van der Waals surface area contributed by atoms with Crippen LogP contribution in [0.25, 0.3) is 0 Å². The number of hydrogen-bond acceptors (Lipinski definition) is 6. The molecule has 0 aromatic carbocycles. The quantitative estimate of drug-likeness (QED) is 0.0205. The molecule has 0 saturated heterocycles. The van der Waals surface area contributed by atoms with Crippen LogP contribution in [0.1, 0.15) is 316 Å². The predicted octanol–water partition coefficient (Wildman–Crippen LogP) is 22.7. The zero-order valence-electron chi connectivity index (χ0n) is 56.3. The van der Waals surface area contributed by atoms with E-state index in [2.05, 4.69) is 111 Å². The number of phosphoric acid groups is 1. The molecule has 0 aromatic heterocycles. The van der Waals surface area contributed by atoms with Gasteiger partial charge in [-0.25, -0.2) is 4.57 Å². The van der Waals surface area contributed by atoms with Crippen LogP contribution in [-0.4, -0.2) is 74.3 Å². The number of nitrogens with one attached hydrogen (secondary N) is 1. The molecule has 0 radical (unpaired) electrons. The zero-order chi connectivity index (χ0) is 62.1. The van der Waals surface area contributed by atoms with Crippen molar-refractivity contribution in [1.82, 2.24) is 5.32 Å². The minimum Gasteiger partial charge on any atom is -0.456 e. The summed E-state index contributed by atoms with van der Waals surface area (Å²) in [6.45, 7) is 6.89. The van der Waals surface area contributed by atoms with Crippen molar-refractivity contribution in [2.75, 3.05) is 40.9 Å². The summed E-state index contributed by atoms with van der Waals surface area (Å²) in [5.41, 5.74) is 0. The fourth-order valence-corrected chi connectivity index (χ4v) is 10.8. The summed E-state index contributed by atoms with van der Waals surface area (Å²) in [5, 5.41) is 3.07. The van der Waals surface area contributed by atoms with Crippen molar-refractivity contribution in [2.24, 2.45) is 0 Å². The van der Waals surface area contributed by atoms with E-state index < -0.39 is 20.0 Å². The summed E-state index contributed by atoms with van der Waals surface area (Å²) in [4.78, 5) is 37.9. The van der Waals surface area contributed by atoms with Crippen LogP contribution in [0, 0.1) is 0 Å². The Balaban J connectivity index is 5.02. The molecule has 0 aliphatic rings. The second-order valence-corrected chi connectivity index (χ2v) is 26.5. The van der Waals surface area contributed by atoms with E-state index >= 15 is 0 Å². The summed E-state index contributed by atoms with van der Waals surface area (Å²) in [7, 11) is 1.49. The molecule has 10 heteroatoms. The molecule has 492 valence electrons. The summed E-state index contributed by atoms with van der Waals surface area (Å²) in [5.74, 6) is -0.507. The molecular weight excluding hydrogens is 1070 g/mol. The molecule has 0 bridgehead atoms. The number of amides is 1. The molecule has 0 fully saturated rings. The second kappa shape index (κ2) is 63.9. The van der Waals surface area contributed by atoms with Gasteiger partial charge in [0.25, 0.3) is 0 Å². The van der Waals surface area contributed by atoms with E-state index in [0.717, 1.165) is 96.3 Å². The van der Waals surface area contributed by atoms with Crippen LogP contribution in [0.2, 0.25) is 0 Å². The highest BCUT2D eigenvalue weighted by Gasteiger charge is 2.30. The first-order valence-electron chi connectivity index (χ1n) is 35.6. The topological polar surface area (TPSA) is 111 Å². The fourth-order valence-electron chi connectivity index (χ4n) is 10.1. The molecule has 85 heavy (non-hydrogen) atoms. The molecule has 3 unspecified atom stereocenters. The van der Waals surface area contributed by atoms with Crippen LogP contribution in [0.4, 0.5) is 0 Å². The van der Waals surface area contributed by atoms with Crippen LogP contribution in [-0.2, 0) is 27.9 Å². The molecule has 0 aliphatic heterocycles. The predicted molar refractivity (Wildman–Crippen MR) is 369 cm³/mol. The van der Waals surface area contributed by atoms with Crippen molar-refractivity contribution in [3.05, 3.63) is 97.2 Å². The van der Waals surface area contributed by atoms with Gasteiger partial charge in [-0.3, -0.25) is 18.6 Å². The lowest BCUT2D eigenvalue weighted by atomic mass is 10.0. The average Bonchev–Trinajstić information content (AvgIpc) is 3.64. The van der Waals surface area contributed by atoms with Crippen molar-refractivity contribution in [2.45, 2.75) is 328 Å². The maximum Gasteiger partial charge on any atom is 0.472 e.